The average Bonchev–Trinajstić information content (AvgIpc) is 2.35. The maximum Gasteiger partial charge on any atom is 0.327 e. The molecule has 20 heavy (non-hydrogen) atoms. The van der Waals surface area contributed by atoms with Crippen LogP contribution in [0.15, 0.2) is 11.6 Å². The number of carboxylic acids is 1. The molecule has 2 rings (SSSR count). The van der Waals surface area contributed by atoms with Crippen molar-refractivity contribution in [1.29, 1.82) is 0 Å². The van der Waals surface area contributed by atoms with Gasteiger partial charge in [0.15, 0.2) is 0 Å². The summed E-state index contributed by atoms with van der Waals surface area (Å²) in [6.07, 6.45) is 4.70. The van der Waals surface area contributed by atoms with Crippen molar-refractivity contribution in [2.75, 3.05) is 19.6 Å². The second kappa shape index (κ2) is 5.46. The first-order valence-electron chi connectivity index (χ1n) is 7.27. The molecule has 2 heterocycles. The van der Waals surface area contributed by atoms with Gasteiger partial charge in [-0.05, 0) is 31.6 Å². The summed E-state index contributed by atoms with van der Waals surface area (Å²) in [6, 6.07) is -0.854. The molecule has 2 aliphatic heterocycles. The molecule has 0 saturated carbocycles. The van der Waals surface area contributed by atoms with Gasteiger partial charge in [0.05, 0.1) is 0 Å². The van der Waals surface area contributed by atoms with E-state index in [1.165, 1.54) is 5.57 Å². The number of aliphatic carboxylic acids is 1. The zero-order valence-corrected chi connectivity index (χ0v) is 12.6. The maximum atomic E-state index is 12.7. The van der Waals surface area contributed by atoms with Crippen LogP contribution in [0.2, 0.25) is 0 Å². The number of carboxylic acid groups (broad SMARTS) is 1. The average molecular weight is 280 g/mol. The first-order valence-corrected chi connectivity index (χ1v) is 7.27. The lowest BCUT2D eigenvalue weighted by Crippen LogP contribution is -2.59. The summed E-state index contributed by atoms with van der Waals surface area (Å²) in [4.78, 5) is 27.6. The molecule has 0 aliphatic carbocycles. The first kappa shape index (κ1) is 14.9. The molecule has 5 nitrogen and oxygen atoms in total. The van der Waals surface area contributed by atoms with E-state index >= 15 is 0 Å². The maximum absolute atomic E-state index is 12.7. The number of carbonyl (C=O) groups excluding carboxylic acids is 1. The molecule has 112 valence electrons. The Morgan fingerprint density at radius 3 is 2.65 bits per heavy atom. The molecule has 1 N–H and O–H groups in total. The molecular weight excluding hydrogens is 256 g/mol. The quantitative estimate of drug-likeness (QED) is 0.750. The summed E-state index contributed by atoms with van der Waals surface area (Å²) < 4.78 is 0. The van der Waals surface area contributed by atoms with E-state index in [2.05, 4.69) is 6.08 Å². The summed E-state index contributed by atoms with van der Waals surface area (Å²) in [5.74, 6) is -0.896. The van der Waals surface area contributed by atoms with Crippen molar-refractivity contribution in [3.63, 3.8) is 0 Å². The molecular formula is C15H24N2O3. The first-order chi connectivity index (χ1) is 9.33. The van der Waals surface area contributed by atoms with Crippen LogP contribution in [0, 0.1) is 5.41 Å². The van der Waals surface area contributed by atoms with Gasteiger partial charge in [0.1, 0.15) is 6.04 Å². The standard InChI is InChI=1S/C15H24N2O3/c1-11-6-4-8-16(10-11)14(20)17-9-5-7-15(2,3)12(17)13(18)19/h6,12H,4-5,7-10H2,1-3H3,(H,18,19). The molecule has 2 amide bonds. The second-order valence-electron chi connectivity index (χ2n) is 6.57. The predicted molar refractivity (Wildman–Crippen MR) is 76.5 cm³/mol. The van der Waals surface area contributed by atoms with E-state index in [1.807, 2.05) is 20.8 Å². The van der Waals surface area contributed by atoms with Crippen molar-refractivity contribution in [2.24, 2.45) is 5.41 Å². The number of likely N-dealkylation sites (tertiary alicyclic amines) is 1. The highest BCUT2D eigenvalue weighted by molar-refractivity contribution is 5.84. The van der Waals surface area contributed by atoms with Gasteiger partial charge in [-0.25, -0.2) is 9.59 Å². The molecule has 0 aromatic carbocycles. The van der Waals surface area contributed by atoms with Crippen molar-refractivity contribution < 1.29 is 14.7 Å². The van der Waals surface area contributed by atoms with E-state index in [-0.39, 0.29) is 11.4 Å². The lowest BCUT2D eigenvalue weighted by atomic mass is 9.76. The third-order valence-corrected chi connectivity index (χ3v) is 4.35. The lowest BCUT2D eigenvalue weighted by molar-refractivity contribution is -0.148. The van der Waals surface area contributed by atoms with Crippen LogP contribution in [-0.2, 0) is 4.79 Å². The third kappa shape index (κ3) is 2.81. The second-order valence-corrected chi connectivity index (χ2v) is 6.57. The minimum absolute atomic E-state index is 0.127. The van der Waals surface area contributed by atoms with Crippen LogP contribution >= 0.6 is 0 Å². The number of urea groups is 1. The van der Waals surface area contributed by atoms with Crippen LogP contribution < -0.4 is 0 Å². The third-order valence-electron chi connectivity index (χ3n) is 4.35. The fourth-order valence-corrected chi connectivity index (χ4v) is 3.32. The largest absolute Gasteiger partial charge is 0.480 e. The van der Waals surface area contributed by atoms with Crippen LogP contribution in [0.25, 0.3) is 0 Å². The fraction of sp³-hybridized carbons (Fsp3) is 0.733. The van der Waals surface area contributed by atoms with Crippen LogP contribution in [0.4, 0.5) is 4.79 Å². The van der Waals surface area contributed by atoms with Gasteiger partial charge >= 0.3 is 12.0 Å². The van der Waals surface area contributed by atoms with Crippen molar-refractivity contribution in [3.8, 4) is 0 Å². The molecule has 0 spiro atoms. The minimum Gasteiger partial charge on any atom is -0.480 e. The number of carbonyl (C=O) groups is 2. The number of rotatable bonds is 1. The number of amides is 2. The van der Waals surface area contributed by atoms with Gasteiger partial charge < -0.3 is 14.9 Å². The molecule has 0 radical (unpaired) electrons. The predicted octanol–water partition coefficient (Wildman–Crippen LogP) is 2.33. The normalized spacial score (nSPS) is 26.1. The van der Waals surface area contributed by atoms with Crippen molar-refractivity contribution in [3.05, 3.63) is 11.6 Å². The van der Waals surface area contributed by atoms with Gasteiger partial charge in [-0.2, -0.15) is 0 Å². The van der Waals surface area contributed by atoms with Crippen LogP contribution in [0.3, 0.4) is 0 Å². The molecule has 1 saturated heterocycles. The van der Waals surface area contributed by atoms with Crippen LogP contribution in [0.1, 0.15) is 40.0 Å². The summed E-state index contributed by atoms with van der Waals surface area (Å²) >= 11 is 0. The monoisotopic (exact) mass is 280 g/mol. The van der Waals surface area contributed by atoms with Gasteiger partial charge in [-0.3, -0.25) is 0 Å². The highest BCUT2D eigenvalue weighted by Crippen LogP contribution is 2.36. The minimum atomic E-state index is -0.896. The van der Waals surface area contributed by atoms with Crippen molar-refractivity contribution in [1.82, 2.24) is 9.80 Å². The Hall–Kier alpha value is -1.52. The van der Waals surface area contributed by atoms with Crippen molar-refractivity contribution in [2.45, 2.75) is 46.1 Å². The molecule has 0 aromatic rings. The van der Waals surface area contributed by atoms with Gasteiger partial charge in [0.25, 0.3) is 0 Å². The SMILES string of the molecule is CC1=CCCN(C(=O)N2CCCC(C)(C)C2C(=O)O)C1. The van der Waals surface area contributed by atoms with E-state index < -0.39 is 12.0 Å². The molecule has 2 aliphatic rings. The molecule has 5 heteroatoms. The van der Waals surface area contributed by atoms with Gasteiger partial charge in [0.2, 0.25) is 0 Å². The fourth-order valence-electron chi connectivity index (χ4n) is 3.32. The zero-order valence-electron chi connectivity index (χ0n) is 12.6. The molecule has 1 fully saturated rings. The number of hydrogen-bond acceptors (Lipinski definition) is 2. The Kier molecular flexibility index (Phi) is 4.06. The van der Waals surface area contributed by atoms with E-state index in [0.29, 0.717) is 19.6 Å². The molecule has 1 unspecified atom stereocenters. The molecule has 0 bridgehead atoms. The Morgan fingerprint density at radius 2 is 2.05 bits per heavy atom. The number of nitrogens with zero attached hydrogens (tertiary/aromatic N) is 2. The number of hydrogen-bond donors (Lipinski definition) is 1. The topological polar surface area (TPSA) is 60.9 Å². The van der Waals surface area contributed by atoms with Gasteiger partial charge in [0, 0.05) is 19.6 Å². The van der Waals surface area contributed by atoms with Crippen LogP contribution in [-0.4, -0.2) is 52.6 Å². The highest BCUT2D eigenvalue weighted by Gasteiger charge is 2.45. The summed E-state index contributed by atoms with van der Waals surface area (Å²) in [7, 11) is 0. The Bertz CT molecular complexity index is 442. The molecule has 0 aromatic heterocycles. The summed E-state index contributed by atoms with van der Waals surface area (Å²) in [5.41, 5.74) is 0.799. The zero-order chi connectivity index (χ0) is 14.9. The smallest absolute Gasteiger partial charge is 0.327 e. The van der Waals surface area contributed by atoms with E-state index in [1.54, 1.807) is 9.80 Å². The van der Waals surface area contributed by atoms with E-state index in [0.717, 1.165) is 19.3 Å². The van der Waals surface area contributed by atoms with Crippen LogP contribution in [0.5, 0.6) is 0 Å². The molecule has 1 atom stereocenters. The van der Waals surface area contributed by atoms with Gasteiger partial charge in [-0.15, -0.1) is 0 Å². The van der Waals surface area contributed by atoms with Crippen molar-refractivity contribution >= 4 is 12.0 Å². The Morgan fingerprint density at radius 1 is 1.35 bits per heavy atom. The summed E-state index contributed by atoms with van der Waals surface area (Å²) in [6.45, 7) is 7.72. The van der Waals surface area contributed by atoms with Gasteiger partial charge in [-0.1, -0.05) is 25.5 Å². The lowest BCUT2D eigenvalue weighted by Gasteiger charge is -2.45. The highest BCUT2D eigenvalue weighted by atomic mass is 16.4. The van der Waals surface area contributed by atoms with E-state index in [4.69, 9.17) is 0 Å². The number of piperidine rings is 1. The Balaban J connectivity index is 2.19. The summed E-state index contributed by atoms with van der Waals surface area (Å²) in [5, 5.41) is 9.52. The van der Waals surface area contributed by atoms with E-state index in [9.17, 15) is 14.7 Å². The Labute approximate surface area is 120 Å².